The lowest BCUT2D eigenvalue weighted by Crippen LogP contribution is -2.73. The van der Waals surface area contributed by atoms with E-state index >= 15 is 0 Å². The molecule has 0 saturated heterocycles. The predicted molar refractivity (Wildman–Crippen MR) is 87.7 cm³/mol. The molecule has 1 nitrogen and oxygen atoms in total. The normalized spacial score (nSPS) is 15.0. The molecule has 0 fully saturated rings. The van der Waals surface area contributed by atoms with Gasteiger partial charge in [-0.05, 0) is 18.6 Å². The molecule has 198 valence electrons. The van der Waals surface area contributed by atoms with Crippen molar-refractivity contribution in [3.05, 3.63) is 0 Å². The minimum Gasteiger partial charge on any atom is -0.482 e. The molecule has 0 aromatic rings. The fraction of sp³-hybridized carbons (Fsp3) is 0.938. The van der Waals surface area contributed by atoms with Crippen LogP contribution in [0, 0.1) is 0 Å². The van der Waals surface area contributed by atoms with Gasteiger partial charge in [0.05, 0.1) is 6.61 Å². The molecule has 33 heavy (non-hydrogen) atoms. The molecule has 0 aliphatic heterocycles. The second kappa shape index (κ2) is 10.2. The Morgan fingerprint density at radius 1 is 0.545 bits per heavy atom. The Morgan fingerprint density at radius 3 is 1.33 bits per heavy atom. The van der Waals surface area contributed by atoms with Crippen molar-refractivity contribution in [3.63, 3.8) is 0 Å². The minimum absolute atomic E-state index is 0.159. The van der Waals surface area contributed by atoms with Crippen LogP contribution in [0.1, 0.15) is 45.4 Å². The van der Waals surface area contributed by atoms with Crippen LogP contribution < -0.4 is 0 Å². The molecule has 0 bridgehead atoms. The second-order valence-corrected chi connectivity index (χ2v) is 7.22. The summed E-state index contributed by atoms with van der Waals surface area (Å²) in [5, 5.41) is -2.78. The van der Waals surface area contributed by atoms with Crippen LogP contribution in [-0.4, -0.2) is 53.4 Å². The van der Waals surface area contributed by atoms with Crippen molar-refractivity contribution in [1.82, 2.24) is 0 Å². The Labute approximate surface area is 182 Å². The van der Waals surface area contributed by atoms with Gasteiger partial charge >= 0.3 is 41.7 Å². The van der Waals surface area contributed by atoms with Crippen LogP contribution in [0.2, 0.25) is 0 Å². The van der Waals surface area contributed by atoms with Crippen molar-refractivity contribution < 1.29 is 70.6 Å². The fourth-order valence-corrected chi connectivity index (χ4v) is 2.44. The minimum atomic E-state index is -8.33. The molecule has 17 heteroatoms. The third-order valence-corrected chi connectivity index (χ3v) is 4.69. The summed E-state index contributed by atoms with van der Waals surface area (Å²) in [6.07, 6.45) is -4.77. The van der Waals surface area contributed by atoms with Crippen LogP contribution in [0.3, 0.4) is 0 Å². The van der Waals surface area contributed by atoms with Gasteiger partial charge in [0.15, 0.2) is 0 Å². The first-order valence-corrected chi connectivity index (χ1v) is 9.40. The van der Waals surface area contributed by atoms with E-state index in [9.17, 15) is 65.9 Å². The summed E-state index contributed by atoms with van der Waals surface area (Å²) < 4.78 is 200. The fourth-order valence-electron chi connectivity index (χ4n) is 2.23. The number of alkyl halides is 15. The Kier molecular flexibility index (Phi) is 9.86. The van der Waals surface area contributed by atoms with Gasteiger partial charge in [-0.15, -0.1) is 0 Å². The molecule has 0 spiro atoms. The summed E-state index contributed by atoms with van der Waals surface area (Å²) in [6, 6.07) is 0. The number of hydrogen-bond acceptors (Lipinski definition) is 2. The van der Waals surface area contributed by atoms with Crippen LogP contribution in [0.4, 0.5) is 65.9 Å². The van der Waals surface area contributed by atoms with Crippen molar-refractivity contribution in [2.24, 2.45) is 0 Å². The molecule has 0 unspecified atom stereocenters. The molecular formula is C16H17F15OS. The van der Waals surface area contributed by atoms with Crippen molar-refractivity contribution in [2.45, 2.75) is 87.2 Å². The molecule has 0 heterocycles. The van der Waals surface area contributed by atoms with E-state index in [1.54, 1.807) is 0 Å². The summed E-state index contributed by atoms with van der Waals surface area (Å²) in [5.41, 5.74) is 0. The largest absolute Gasteiger partial charge is 0.482 e. The molecule has 0 aliphatic rings. The standard InChI is InChI=1S/C16H17F15OS/c1-2-3-4-5-6-7-8-32-9(33)10(17,18)11(19,20)12(21,22)13(23,24)14(25,26)15(27,28)16(29,30)31/h2-8H2,1H3. The average Bonchev–Trinajstić information content (AvgIpc) is 2.65. The maximum atomic E-state index is 13.7. The first kappa shape index (κ1) is 31.8. The van der Waals surface area contributed by atoms with E-state index in [0.29, 0.717) is 12.8 Å². The molecule has 0 saturated carbocycles. The van der Waals surface area contributed by atoms with Gasteiger partial charge < -0.3 is 4.74 Å². The number of thiocarbonyl (C=S) groups is 1. The molecule has 0 aromatic carbocycles. The Hall–Kier alpha value is -1.16. The Balaban J connectivity index is 5.78. The van der Waals surface area contributed by atoms with E-state index in [1.165, 1.54) is 0 Å². The smallest absolute Gasteiger partial charge is 0.460 e. The summed E-state index contributed by atoms with van der Waals surface area (Å²) in [4.78, 5) is 0. The molecule has 0 amide bonds. The highest BCUT2D eigenvalue weighted by Gasteiger charge is 2.93. The van der Waals surface area contributed by atoms with Crippen molar-refractivity contribution in [2.75, 3.05) is 6.61 Å². The van der Waals surface area contributed by atoms with Gasteiger partial charge in [0.2, 0.25) is 5.05 Å². The third kappa shape index (κ3) is 5.57. The Morgan fingerprint density at radius 2 is 0.909 bits per heavy atom. The van der Waals surface area contributed by atoms with Gasteiger partial charge in [-0.3, -0.25) is 0 Å². The molecule has 0 aromatic heterocycles. The number of unbranched alkanes of at least 4 members (excludes halogenated alkanes) is 5. The van der Waals surface area contributed by atoms with Gasteiger partial charge in [0.25, 0.3) is 0 Å². The van der Waals surface area contributed by atoms with E-state index in [2.05, 4.69) is 17.0 Å². The van der Waals surface area contributed by atoms with E-state index in [0.717, 1.165) is 12.8 Å². The van der Waals surface area contributed by atoms with E-state index < -0.39 is 53.4 Å². The lowest BCUT2D eigenvalue weighted by molar-refractivity contribution is -0.449. The zero-order chi connectivity index (χ0) is 26.7. The highest BCUT2D eigenvalue weighted by molar-refractivity contribution is 7.80. The quantitative estimate of drug-likeness (QED) is 0.132. The number of halogens is 15. The predicted octanol–water partition coefficient (Wildman–Crippen LogP) is 8.07. The topological polar surface area (TPSA) is 9.23 Å². The summed E-state index contributed by atoms with van der Waals surface area (Å²) in [6.45, 7) is 0.935. The van der Waals surface area contributed by atoms with Crippen molar-refractivity contribution in [1.29, 1.82) is 0 Å². The maximum absolute atomic E-state index is 13.7. The maximum Gasteiger partial charge on any atom is 0.460 e. The van der Waals surface area contributed by atoms with Crippen LogP contribution in [-0.2, 0) is 4.74 Å². The highest BCUT2D eigenvalue weighted by atomic mass is 32.1. The highest BCUT2D eigenvalue weighted by Crippen LogP contribution is 2.62. The van der Waals surface area contributed by atoms with Gasteiger partial charge in [-0.2, -0.15) is 65.9 Å². The molecule has 0 aliphatic carbocycles. The SMILES string of the molecule is CCCCCCCCOC(=S)C(F)(F)C(F)(F)C(F)(F)C(F)(F)C(F)(F)C(F)(F)C(F)(F)F. The zero-order valence-electron chi connectivity index (χ0n) is 16.4. The first-order valence-electron chi connectivity index (χ1n) is 8.99. The molecular weight excluding hydrogens is 525 g/mol. The monoisotopic (exact) mass is 542 g/mol. The van der Waals surface area contributed by atoms with Crippen LogP contribution in [0.25, 0.3) is 0 Å². The van der Waals surface area contributed by atoms with E-state index in [1.807, 2.05) is 6.92 Å². The van der Waals surface area contributed by atoms with Gasteiger partial charge in [0.1, 0.15) is 0 Å². The molecule has 0 atom stereocenters. The van der Waals surface area contributed by atoms with Crippen LogP contribution in [0.15, 0.2) is 0 Å². The number of rotatable bonds is 13. The van der Waals surface area contributed by atoms with E-state index in [-0.39, 0.29) is 12.8 Å². The number of ether oxygens (including phenoxy) is 1. The third-order valence-electron chi connectivity index (χ3n) is 4.32. The lowest BCUT2D eigenvalue weighted by Gasteiger charge is -2.41. The lowest BCUT2D eigenvalue weighted by atomic mass is 9.91. The summed E-state index contributed by atoms with van der Waals surface area (Å²) in [5.74, 6) is -47.1. The summed E-state index contributed by atoms with van der Waals surface area (Å²) >= 11 is 3.63. The van der Waals surface area contributed by atoms with E-state index in [4.69, 9.17) is 0 Å². The average molecular weight is 542 g/mol. The zero-order valence-corrected chi connectivity index (χ0v) is 17.3. The van der Waals surface area contributed by atoms with Crippen LogP contribution in [0.5, 0.6) is 0 Å². The number of hydrogen-bond donors (Lipinski definition) is 0. The van der Waals surface area contributed by atoms with Crippen LogP contribution >= 0.6 is 12.2 Å². The van der Waals surface area contributed by atoms with Gasteiger partial charge in [-0.25, -0.2) is 0 Å². The molecule has 0 rings (SSSR count). The summed E-state index contributed by atoms with van der Waals surface area (Å²) in [7, 11) is 0. The van der Waals surface area contributed by atoms with Crippen molar-refractivity contribution >= 4 is 17.3 Å². The van der Waals surface area contributed by atoms with Gasteiger partial charge in [0, 0.05) is 0 Å². The first-order chi connectivity index (χ1) is 14.5. The second-order valence-electron chi connectivity index (χ2n) is 6.85. The molecule has 0 radical (unpaired) electrons. The molecule has 0 N–H and O–H groups in total. The Bertz CT molecular complexity index is 657. The van der Waals surface area contributed by atoms with Crippen molar-refractivity contribution in [3.8, 4) is 0 Å². The van der Waals surface area contributed by atoms with Gasteiger partial charge in [-0.1, -0.05) is 39.0 Å².